The number of nitrogens with one attached hydrogen (secondary N) is 1. The number of hydrogen-bond acceptors (Lipinski definition) is 3. The van der Waals surface area contributed by atoms with Crippen LogP contribution in [0, 0.1) is 0 Å². The van der Waals surface area contributed by atoms with E-state index >= 15 is 0 Å². The van der Waals surface area contributed by atoms with E-state index in [4.69, 9.17) is 23.2 Å². The van der Waals surface area contributed by atoms with Crippen molar-refractivity contribution in [2.75, 3.05) is 6.54 Å². The van der Waals surface area contributed by atoms with Gasteiger partial charge in [-0.3, -0.25) is 4.98 Å². The first kappa shape index (κ1) is 15.3. The van der Waals surface area contributed by atoms with Crippen molar-refractivity contribution in [3.8, 4) is 0 Å². The highest BCUT2D eigenvalue weighted by atomic mass is 79.9. The molecule has 2 heterocycles. The standard InChI is InChI=1S/C13H13BrCl2N2S/c1-2-4-17-12(13-9(14)3-5-19-13)11-10(16)6-8(15)7-18-11/h3,5-7,12,17H,2,4H2,1H3. The maximum atomic E-state index is 6.27. The van der Waals surface area contributed by atoms with Gasteiger partial charge in [-0.2, -0.15) is 0 Å². The minimum atomic E-state index is -0.0147. The molecule has 0 radical (unpaired) electrons. The molecule has 1 atom stereocenters. The van der Waals surface area contributed by atoms with Crippen LogP contribution in [-0.4, -0.2) is 11.5 Å². The van der Waals surface area contributed by atoms with E-state index < -0.39 is 0 Å². The second-order valence-corrected chi connectivity index (χ2v) is 6.69. The molecule has 2 rings (SSSR count). The minimum Gasteiger partial charge on any atom is -0.304 e. The predicted octanol–water partition coefficient (Wildman–Crippen LogP) is 5.30. The van der Waals surface area contributed by atoms with Crippen LogP contribution in [0.2, 0.25) is 10.0 Å². The Morgan fingerprint density at radius 1 is 1.47 bits per heavy atom. The monoisotopic (exact) mass is 378 g/mol. The summed E-state index contributed by atoms with van der Waals surface area (Å²) in [5, 5.41) is 6.66. The van der Waals surface area contributed by atoms with Gasteiger partial charge >= 0.3 is 0 Å². The topological polar surface area (TPSA) is 24.9 Å². The van der Waals surface area contributed by atoms with Gasteiger partial charge in [0.05, 0.1) is 21.8 Å². The third-order valence-electron chi connectivity index (χ3n) is 2.62. The Hall–Kier alpha value is -0.130. The van der Waals surface area contributed by atoms with Crippen molar-refractivity contribution in [2.45, 2.75) is 19.4 Å². The Bertz CT molecular complexity index is 559. The molecule has 0 bridgehead atoms. The molecule has 0 saturated heterocycles. The van der Waals surface area contributed by atoms with Gasteiger partial charge in [-0.05, 0) is 46.4 Å². The highest BCUT2D eigenvalue weighted by Gasteiger charge is 2.21. The number of thiophene rings is 1. The summed E-state index contributed by atoms with van der Waals surface area (Å²) in [6.07, 6.45) is 2.68. The molecule has 2 aromatic rings. The van der Waals surface area contributed by atoms with Crippen LogP contribution >= 0.6 is 50.5 Å². The first-order valence-corrected chi connectivity index (χ1v) is 8.33. The van der Waals surface area contributed by atoms with Crippen LogP contribution in [0.1, 0.15) is 30.0 Å². The molecule has 1 unspecified atom stereocenters. The lowest BCUT2D eigenvalue weighted by molar-refractivity contribution is 0.592. The van der Waals surface area contributed by atoms with Gasteiger partial charge in [0.1, 0.15) is 0 Å². The third kappa shape index (κ3) is 3.70. The number of hydrogen-bond donors (Lipinski definition) is 1. The van der Waals surface area contributed by atoms with Gasteiger partial charge in [0.25, 0.3) is 0 Å². The molecule has 2 nitrogen and oxygen atoms in total. The zero-order chi connectivity index (χ0) is 13.8. The van der Waals surface area contributed by atoms with Crippen LogP contribution in [0.15, 0.2) is 28.2 Å². The zero-order valence-electron chi connectivity index (χ0n) is 10.3. The van der Waals surface area contributed by atoms with Gasteiger partial charge in [0, 0.05) is 15.5 Å². The maximum Gasteiger partial charge on any atom is 0.0871 e. The number of halogens is 3. The fourth-order valence-corrected chi connectivity index (χ4v) is 3.92. The molecular weight excluding hydrogens is 367 g/mol. The van der Waals surface area contributed by atoms with Crippen LogP contribution < -0.4 is 5.32 Å². The van der Waals surface area contributed by atoms with E-state index in [9.17, 15) is 0 Å². The van der Waals surface area contributed by atoms with E-state index in [0.29, 0.717) is 10.0 Å². The summed E-state index contributed by atoms with van der Waals surface area (Å²) in [5.41, 5.74) is 0.808. The second kappa shape index (κ2) is 7.04. The molecule has 0 saturated carbocycles. The third-order valence-corrected chi connectivity index (χ3v) is 5.06. The number of aromatic nitrogens is 1. The smallest absolute Gasteiger partial charge is 0.0871 e. The molecule has 0 fully saturated rings. The van der Waals surface area contributed by atoms with E-state index in [1.165, 1.54) is 4.88 Å². The molecule has 6 heteroatoms. The summed E-state index contributed by atoms with van der Waals surface area (Å²) in [6, 6.07) is 3.75. The Morgan fingerprint density at radius 3 is 2.84 bits per heavy atom. The van der Waals surface area contributed by atoms with E-state index in [0.717, 1.165) is 23.1 Å². The van der Waals surface area contributed by atoms with Gasteiger partial charge in [0.15, 0.2) is 0 Å². The lowest BCUT2D eigenvalue weighted by atomic mass is 10.1. The Balaban J connectivity index is 2.40. The first-order valence-electron chi connectivity index (χ1n) is 5.90. The van der Waals surface area contributed by atoms with Crippen molar-refractivity contribution < 1.29 is 0 Å². The van der Waals surface area contributed by atoms with Crippen LogP contribution in [-0.2, 0) is 0 Å². The van der Waals surface area contributed by atoms with Crippen molar-refractivity contribution >= 4 is 50.5 Å². The van der Waals surface area contributed by atoms with E-state index in [2.05, 4.69) is 33.2 Å². The van der Waals surface area contributed by atoms with E-state index in [1.54, 1.807) is 23.6 Å². The SMILES string of the molecule is CCCNC(c1ncc(Cl)cc1Cl)c1sccc1Br. The van der Waals surface area contributed by atoms with Gasteiger partial charge in [0.2, 0.25) is 0 Å². The van der Waals surface area contributed by atoms with Gasteiger partial charge < -0.3 is 5.32 Å². The maximum absolute atomic E-state index is 6.27. The van der Waals surface area contributed by atoms with Crippen molar-refractivity contribution in [1.29, 1.82) is 0 Å². The van der Waals surface area contributed by atoms with Crippen molar-refractivity contribution in [3.63, 3.8) is 0 Å². The molecular formula is C13H13BrCl2N2S. The summed E-state index contributed by atoms with van der Waals surface area (Å²) in [7, 11) is 0. The minimum absolute atomic E-state index is 0.0147. The molecule has 2 aromatic heterocycles. The average Bonchev–Trinajstić information content (AvgIpc) is 2.78. The highest BCUT2D eigenvalue weighted by molar-refractivity contribution is 9.10. The summed E-state index contributed by atoms with van der Waals surface area (Å²) in [5.74, 6) is 0. The number of pyridine rings is 1. The predicted molar refractivity (Wildman–Crippen MR) is 86.4 cm³/mol. The molecule has 1 N–H and O–H groups in total. The van der Waals surface area contributed by atoms with Crippen molar-refractivity contribution in [3.05, 3.63) is 48.8 Å². The summed E-state index contributed by atoms with van der Waals surface area (Å²) < 4.78 is 1.07. The quantitative estimate of drug-likeness (QED) is 0.762. The first-order chi connectivity index (χ1) is 9.13. The van der Waals surface area contributed by atoms with Crippen molar-refractivity contribution in [1.82, 2.24) is 10.3 Å². The second-order valence-electron chi connectivity index (χ2n) is 4.04. The van der Waals surface area contributed by atoms with Crippen LogP contribution in [0.4, 0.5) is 0 Å². The average molecular weight is 380 g/mol. The van der Waals surface area contributed by atoms with Crippen LogP contribution in [0.5, 0.6) is 0 Å². The number of rotatable bonds is 5. The lowest BCUT2D eigenvalue weighted by Gasteiger charge is -2.18. The fourth-order valence-electron chi connectivity index (χ4n) is 1.75. The van der Waals surface area contributed by atoms with Crippen LogP contribution in [0.25, 0.3) is 0 Å². The van der Waals surface area contributed by atoms with Gasteiger partial charge in [-0.25, -0.2) is 0 Å². The van der Waals surface area contributed by atoms with Crippen molar-refractivity contribution in [2.24, 2.45) is 0 Å². The molecule has 102 valence electrons. The Labute approximate surface area is 135 Å². The molecule has 0 amide bonds. The van der Waals surface area contributed by atoms with Crippen LogP contribution in [0.3, 0.4) is 0 Å². The van der Waals surface area contributed by atoms with Gasteiger partial charge in [-0.15, -0.1) is 11.3 Å². The molecule has 19 heavy (non-hydrogen) atoms. The summed E-state index contributed by atoms with van der Waals surface area (Å²) in [4.78, 5) is 5.56. The Kier molecular flexibility index (Phi) is 5.66. The molecule has 0 aliphatic heterocycles. The number of nitrogens with zero attached hydrogens (tertiary/aromatic N) is 1. The molecule has 0 spiro atoms. The highest BCUT2D eigenvalue weighted by Crippen LogP contribution is 2.35. The zero-order valence-corrected chi connectivity index (χ0v) is 14.2. The van der Waals surface area contributed by atoms with Gasteiger partial charge in [-0.1, -0.05) is 30.1 Å². The molecule has 0 aromatic carbocycles. The molecule has 0 aliphatic carbocycles. The Morgan fingerprint density at radius 2 is 2.26 bits per heavy atom. The summed E-state index contributed by atoms with van der Waals surface area (Å²) >= 11 is 17.4. The lowest BCUT2D eigenvalue weighted by Crippen LogP contribution is -2.24. The largest absolute Gasteiger partial charge is 0.304 e. The summed E-state index contributed by atoms with van der Waals surface area (Å²) in [6.45, 7) is 3.03. The normalized spacial score (nSPS) is 12.6. The van der Waals surface area contributed by atoms with E-state index in [1.807, 2.05) is 11.4 Å². The molecule has 0 aliphatic rings. The fraction of sp³-hybridized carbons (Fsp3) is 0.308. The van der Waals surface area contributed by atoms with E-state index in [-0.39, 0.29) is 6.04 Å².